The van der Waals surface area contributed by atoms with Crippen molar-refractivity contribution in [2.75, 3.05) is 7.11 Å². The summed E-state index contributed by atoms with van der Waals surface area (Å²) >= 11 is 6.12. The van der Waals surface area contributed by atoms with Crippen LogP contribution in [0.2, 0.25) is 0 Å². The lowest BCUT2D eigenvalue weighted by Crippen LogP contribution is -2.17. The molecule has 0 saturated carbocycles. The Morgan fingerprint density at radius 1 is 1.36 bits per heavy atom. The van der Waals surface area contributed by atoms with Crippen molar-refractivity contribution in [3.63, 3.8) is 0 Å². The van der Waals surface area contributed by atoms with Gasteiger partial charge in [-0.05, 0) is 23.8 Å². The van der Waals surface area contributed by atoms with Gasteiger partial charge in [0.15, 0.2) is 0 Å². The molecule has 0 atom stereocenters. The molecule has 9 heteroatoms. The summed E-state index contributed by atoms with van der Waals surface area (Å²) in [4.78, 5) is 28.0. The predicted molar refractivity (Wildman–Crippen MR) is 107 cm³/mol. The molecule has 2 aromatic heterocycles. The number of furan rings is 1. The number of nitrogens with zero attached hydrogens (tertiary/aromatic N) is 1. The number of amides is 1. The number of rotatable bonds is 3. The number of hydrogen-bond donors (Lipinski definition) is 1. The molecule has 3 heterocycles. The van der Waals surface area contributed by atoms with Crippen LogP contribution in [0.1, 0.15) is 16.1 Å². The lowest BCUT2D eigenvalue weighted by Gasteiger charge is -2.05. The maximum atomic E-state index is 14.3. The molecule has 0 radical (unpaired) electrons. The molecule has 1 aliphatic heterocycles. The fraction of sp³-hybridized carbons (Fsp3) is 0.0526. The molecule has 1 aliphatic rings. The van der Waals surface area contributed by atoms with E-state index < -0.39 is 11.8 Å². The van der Waals surface area contributed by atoms with E-state index in [0.29, 0.717) is 37.1 Å². The van der Waals surface area contributed by atoms with Gasteiger partial charge in [0.1, 0.15) is 21.5 Å². The highest BCUT2D eigenvalue weighted by molar-refractivity contribution is 8.26. The molecule has 1 saturated heterocycles. The molecule has 0 aliphatic carbocycles. The smallest absolute Gasteiger partial charge is 0.340 e. The Bertz CT molecular complexity index is 1190. The Morgan fingerprint density at radius 3 is 2.86 bits per heavy atom. The van der Waals surface area contributed by atoms with Gasteiger partial charge in [-0.3, -0.25) is 9.78 Å². The number of carbonyl (C=O) groups is 2. The summed E-state index contributed by atoms with van der Waals surface area (Å²) < 4.78 is 25.1. The second-order valence-corrected chi connectivity index (χ2v) is 7.51. The van der Waals surface area contributed by atoms with Gasteiger partial charge < -0.3 is 14.5 Å². The van der Waals surface area contributed by atoms with Gasteiger partial charge in [-0.15, -0.1) is 0 Å². The highest BCUT2D eigenvalue weighted by Crippen LogP contribution is 2.33. The maximum absolute atomic E-state index is 14.3. The summed E-state index contributed by atoms with van der Waals surface area (Å²) in [5.74, 6) is -1.30. The van der Waals surface area contributed by atoms with Crippen molar-refractivity contribution < 1.29 is 23.1 Å². The van der Waals surface area contributed by atoms with Crippen LogP contribution in [0.4, 0.5) is 4.39 Å². The minimum absolute atomic E-state index is 0.156. The highest BCUT2D eigenvalue weighted by Gasteiger charge is 2.23. The van der Waals surface area contributed by atoms with E-state index in [-0.39, 0.29) is 11.5 Å². The molecule has 1 fully saturated rings. The summed E-state index contributed by atoms with van der Waals surface area (Å²) in [6.07, 6.45) is 4.74. The third-order valence-electron chi connectivity index (χ3n) is 4.04. The monoisotopic (exact) mass is 414 g/mol. The molecule has 0 unspecified atom stereocenters. The fourth-order valence-electron chi connectivity index (χ4n) is 2.77. The molecule has 0 spiro atoms. The Balaban J connectivity index is 1.77. The number of thioether (sulfide) groups is 1. The SMILES string of the molecule is COC(=O)c1ccc(-c2cncc3cc(/C=C4/SC(=S)NC4=O)oc23)cc1F. The quantitative estimate of drug-likeness (QED) is 0.395. The van der Waals surface area contributed by atoms with Crippen LogP contribution in [-0.2, 0) is 9.53 Å². The van der Waals surface area contributed by atoms with Gasteiger partial charge >= 0.3 is 5.97 Å². The van der Waals surface area contributed by atoms with Crippen molar-refractivity contribution >= 4 is 57.2 Å². The second-order valence-electron chi connectivity index (χ2n) is 5.79. The van der Waals surface area contributed by atoms with Crippen LogP contribution in [0.3, 0.4) is 0 Å². The van der Waals surface area contributed by atoms with Crippen LogP contribution >= 0.6 is 24.0 Å². The molecule has 1 amide bonds. The van der Waals surface area contributed by atoms with E-state index in [9.17, 15) is 14.0 Å². The van der Waals surface area contributed by atoms with Crippen molar-refractivity contribution in [2.45, 2.75) is 0 Å². The van der Waals surface area contributed by atoms with Gasteiger partial charge in [0.2, 0.25) is 0 Å². The van der Waals surface area contributed by atoms with E-state index in [2.05, 4.69) is 15.0 Å². The first-order valence-electron chi connectivity index (χ1n) is 7.97. The van der Waals surface area contributed by atoms with Crippen molar-refractivity contribution in [1.82, 2.24) is 10.3 Å². The Labute approximate surface area is 167 Å². The second kappa shape index (κ2) is 7.17. The third-order valence-corrected chi connectivity index (χ3v) is 5.21. The molecular formula is C19H11FN2O4S2. The van der Waals surface area contributed by atoms with Gasteiger partial charge in [0.05, 0.1) is 17.6 Å². The van der Waals surface area contributed by atoms with Crippen molar-refractivity contribution in [1.29, 1.82) is 0 Å². The third kappa shape index (κ3) is 3.30. The molecule has 1 aromatic carbocycles. The zero-order valence-corrected chi connectivity index (χ0v) is 15.9. The first kappa shape index (κ1) is 18.3. The Hall–Kier alpha value is -3.04. The zero-order valence-electron chi connectivity index (χ0n) is 14.3. The fourth-order valence-corrected chi connectivity index (χ4v) is 3.79. The van der Waals surface area contributed by atoms with Crippen molar-refractivity contribution in [3.05, 3.63) is 58.7 Å². The molecule has 28 heavy (non-hydrogen) atoms. The van der Waals surface area contributed by atoms with E-state index >= 15 is 0 Å². The molecule has 4 rings (SSSR count). The summed E-state index contributed by atoms with van der Waals surface area (Å²) in [5, 5.41) is 3.23. The van der Waals surface area contributed by atoms with E-state index in [4.69, 9.17) is 16.6 Å². The van der Waals surface area contributed by atoms with Crippen LogP contribution in [0, 0.1) is 5.82 Å². The number of halogens is 1. The van der Waals surface area contributed by atoms with Gasteiger partial charge in [0.25, 0.3) is 5.91 Å². The predicted octanol–water partition coefficient (Wildman–Crippen LogP) is 3.91. The number of pyridine rings is 1. The summed E-state index contributed by atoms with van der Waals surface area (Å²) in [7, 11) is 1.19. The number of ether oxygens (including phenoxy) is 1. The minimum Gasteiger partial charge on any atom is -0.465 e. The van der Waals surface area contributed by atoms with Crippen LogP contribution in [0.5, 0.6) is 0 Å². The highest BCUT2D eigenvalue weighted by atomic mass is 32.2. The first-order chi connectivity index (χ1) is 13.5. The maximum Gasteiger partial charge on any atom is 0.340 e. The topological polar surface area (TPSA) is 81.4 Å². The number of benzene rings is 1. The number of fused-ring (bicyclic) bond motifs is 1. The largest absolute Gasteiger partial charge is 0.465 e. The van der Waals surface area contributed by atoms with Gasteiger partial charge in [-0.1, -0.05) is 30.0 Å². The summed E-state index contributed by atoms with van der Waals surface area (Å²) in [6, 6.07) is 5.89. The molecule has 0 bridgehead atoms. The summed E-state index contributed by atoms with van der Waals surface area (Å²) in [5.41, 5.74) is 1.37. The average molecular weight is 414 g/mol. The molecule has 140 valence electrons. The van der Waals surface area contributed by atoms with Crippen molar-refractivity contribution in [2.24, 2.45) is 0 Å². The number of carbonyl (C=O) groups excluding carboxylic acids is 2. The average Bonchev–Trinajstić information content (AvgIpc) is 3.22. The van der Waals surface area contributed by atoms with Crippen LogP contribution in [0.15, 0.2) is 46.0 Å². The number of thiocarbonyl (C=S) groups is 1. The number of aromatic nitrogens is 1. The van der Waals surface area contributed by atoms with Crippen LogP contribution in [-0.4, -0.2) is 28.3 Å². The normalized spacial score (nSPS) is 15.3. The molecule has 3 aromatic rings. The molecule has 1 N–H and O–H groups in total. The van der Waals surface area contributed by atoms with Gasteiger partial charge in [-0.25, -0.2) is 9.18 Å². The zero-order chi connectivity index (χ0) is 19.8. The van der Waals surface area contributed by atoms with E-state index in [1.807, 2.05) is 0 Å². The van der Waals surface area contributed by atoms with E-state index in [0.717, 1.165) is 11.8 Å². The standard InChI is InChI=1S/C19H11FN2O4S2/c1-25-18(24)12-3-2-9(5-14(12)20)13-8-21-7-10-4-11(26-16(10)13)6-15-17(23)22-19(27)28-15/h2-8H,1H3,(H,22,23,27)/b15-6+. The van der Waals surface area contributed by atoms with E-state index in [1.165, 1.54) is 19.2 Å². The Kier molecular flexibility index (Phi) is 4.70. The Morgan fingerprint density at radius 2 is 2.18 bits per heavy atom. The minimum atomic E-state index is -0.752. The first-order valence-corrected chi connectivity index (χ1v) is 9.19. The van der Waals surface area contributed by atoms with Crippen LogP contribution < -0.4 is 5.32 Å². The number of hydrogen-bond acceptors (Lipinski definition) is 7. The van der Waals surface area contributed by atoms with E-state index in [1.54, 1.807) is 30.6 Å². The number of methoxy groups -OCH3 is 1. The number of nitrogens with one attached hydrogen (secondary N) is 1. The lowest BCUT2D eigenvalue weighted by atomic mass is 10.0. The van der Waals surface area contributed by atoms with Gasteiger partial charge in [0, 0.05) is 29.4 Å². The van der Waals surface area contributed by atoms with Crippen molar-refractivity contribution in [3.8, 4) is 11.1 Å². The van der Waals surface area contributed by atoms with Gasteiger partial charge in [-0.2, -0.15) is 0 Å². The lowest BCUT2D eigenvalue weighted by molar-refractivity contribution is -0.115. The molecular weight excluding hydrogens is 403 g/mol. The number of esters is 1. The molecule has 6 nitrogen and oxygen atoms in total. The van der Waals surface area contributed by atoms with Crippen LogP contribution in [0.25, 0.3) is 28.2 Å². The summed E-state index contributed by atoms with van der Waals surface area (Å²) in [6.45, 7) is 0.